The molecule has 6 heteroatoms. The van der Waals surface area contributed by atoms with Gasteiger partial charge in [-0.2, -0.15) is 0 Å². The molecule has 0 bridgehead atoms. The predicted octanol–water partition coefficient (Wildman–Crippen LogP) is 4.40. The summed E-state index contributed by atoms with van der Waals surface area (Å²) in [5.41, 5.74) is 0.669. The van der Waals surface area contributed by atoms with E-state index in [1.54, 1.807) is 6.20 Å². The van der Waals surface area contributed by atoms with Crippen molar-refractivity contribution in [1.29, 1.82) is 0 Å². The third kappa shape index (κ3) is 6.77. The molecule has 1 aromatic heterocycles. The van der Waals surface area contributed by atoms with E-state index in [-0.39, 0.29) is 6.09 Å². The Balaban J connectivity index is 1.70. The molecule has 134 valence electrons. The van der Waals surface area contributed by atoms with Gasteiger partial charge in [-0.05, 0) is 79.6 Å². The molecule has 0 radical (unpaired) electrons. The van der Waals surface area contributed by atoms with E-state index < -0.39 is 5.60 Å². The maximum Gasteiger partial charge on any atom is 0.410 e. The topological polar surface area (TPSA) is 51.7 Å². The first-order chi connectivity index (χ1) is 11.3. The number of hydrogen-bond donors (Lipinski definition) is 0. The van der Waals surface area contributed by atoms with Crippen LogP contribution in [0.4, 0.5) is 4.79 Å². The largest absolute Gasteiger partial charge is 0.444 e. The standard InChI is InChI=1S/C18H27BrN2O3/c1-18(2,3)24-17(22)21-9-4-5-14(12-21)7-10-23-13-15-6-8-20-16(19)11-15/h6,8,11,14H,4-5,7,9-10,12-13H2,1-3H3/t14-/m0/s1. The summed E-state index contributed by atoms with van der Waals surface area (Å²) in [4.78, 5) is 18.1. The summed E-state index contributed by atoms with van der Waals surface area (Å²) >= 11 is 3.36. The second kappa shape index (κ2) is 8.81. The van der Waals surface area contributed by atoms with Crippen LogP contribution in [0.2, 0.25) is 0 Å². The first-order valence-corrected chi connectivity index (χ1v) is 9.29. The number of hydrogen-bond acceptors (Lipinski definition) is 4. The Morgan fingerprint density at radius 1 is 1.46 bits per heavy atom. The van der Waals surface area contributed by atoms with Crippen molar-refractivity contribution in [1.82, 2.24) is 9.88 Å². The van der Waals surface area contributed by atoms with Crippen molar-refractivity contribution in [3.63, 3.8) is 0 Å². The van der Waals surface area contributed by atoms with Crippen molar-refractivity contribution < 1.29 is 14.3 Å². The molecular weight excluding hydrogens is 372 g/mol. The minimum atomic E-state index is -0.439. The fraction of sp³-hybridized carbons (Fsp3) is 0.667. The van der Waals surface area contributed by atoms with Crippen LogP contribution < -0.4 is 0 Å². The number of nitrogens with zero attached hydrogens (tertiary/aromatic N) is 2. The van der Waals surface area contributed by atoms with E-state index in [1.165, 1.54) is 0 Å². The van der Waals surface area contributed by atoms with Crippen LogP contribution in [-0.2, 0) is 16.1 Å². The maximum atomic E-state index is 12.2. The highest BCUT2D eigenvalue weighted by molar-refractivity contribution is 9.10. The average molecular weight is 399 g/mol. The molecule has 24 heavy (non-hydrogen) atoms. The van der Waals surface area contributed by atoms with E-state index in [1.807, 2.05) is 37.8 Å². The van der Waals surface area contributed by atoms with Crippen LogP contribution in [0.3, 0.4) is 0 Å². The zero-order valence-corrected chi connectivity index (χ0v) is 16.3. The Labute approximate surface area is 152 Å². The molecular formula is C18H27BrN2O3. The molecule has 1 aliphatic rings. The molecule has 2 heterocycles. The summed E-state index contributed by atoms with van der Waals surface area (Å²) in [5, 5.41) is 0. The highest BCUT2D eigenvalue weighted by atomic mass is 79.9. The minimum absolute atomic E-state index is 0.199. The summed E-state index contributed by atoms with van der Waals surface area (Å²) in [7, 11) is 0. The van der Waals surface area contributed by atoms with Crippen molar-refractivity contribution in [3.05, 3.63) is 28.5 Å². The number of carbonyl (C=O) groups is 1. The van der Waals surface area contributed by atoms with E-state index in [0.717, 1.165) is 42.5 Å². The van der Waals surface area contributed by atoms with Gasteiger partial charge in [0.25, 0.3) is 0 Å². The number of halogens is 1. The van der Waals surface area contributed by atoms with E-state index in [2.05, 4.69) is 20.9 Å². The normalized spacial score (nSPS) is 18.5. The van der Waals surface area contributed by atoms with Gasteiger partial charge in [-0.25, -0.2) is 9.78 Å². The number of pyridine rings is 1. The number of likely N-dealkylation sites (tertiary alicyclic amines) is 1. The molecule has 0 spiro atoms. The van der Waals surface area contributed by atoms with Gasteiger partial charge >= 0.3 is 6.09 Å². The van der Waals surface area contributed by atoms with Crippen LogP contribution in [0.5, 0.6) is 0 Å². The summed E-state index contributed by atoms with van der Waals surface area (Å²) in [5.74, 6) is 0.482. The van der Waals surface area contributed by atoms with Gasteiger partial charge in [-0.15, -0.1) is 0 Å². The molecule has 0 aromatic carbocycles. The summed E-state index contributed by atoms with van der Waals surface area (Å²) in [6.07, 6.45) is 4.70. The Morgan fingerprint density at radius 3 is 2.96 bits per heavy atom. The highest BCUT2D eigenvalue weighted by Gasteiger charge is 2.27. The molecule has 1 amide bonds. The van der Waals surface area contributed by atoms with E-state index >= 15 is 0 Å². The molecule has 1 fully saturated rings. The maximum absolute atomic E-state index is 12.2. The average Bonchev–Trinajstić information content (AvgIpc) is 2.50. The predicted molar refractivity (Wildman–Crippen MR) is 96.7 cm³/mol. The number of amides is 1. The van der Waals surface area contributed by atoms with Crippen LogP contribution in [0.15, 0.2) is 22.9 Å². The van der Waals surface area contributed by atoms with Gasteiger partial charge in [-0.1, -0.05) is 0 Å². The van der Waals surface area contributed by atoms with Crippen LogP contribution in [0, 0.1) is 5.92 Å². The van der Waals surface area contributed by atoms with Crippen molar-refractivity contribution in [2.24, 2.45) is 5.92 Å². The van der Waals surface area contributed by atoms with E-state index in [4.69, 9.17) is 9.47 Å². The van der Waals surface area contributed by atoms with Gasteiger partial charge in [0.05, 0.1) is 6.61 Å². The molecule has 1 aliphatic heterocycles. The summed E-state index contributed by atoms with van der Waals surface area (Å²) < 4.78 is 12.1. The molecule has 0 N–H and O–H groups in total. The first kappa shape index (κ1) is 19.2. The van der Waals surface area contributed by atoms with Crippen molar-refractivity contribution in [2.45, 2.75) is 52.2 Å². The van der Waals surface area contributed by atoms with Crippen molar-refractivity contribution >= 4 is 22.0 Å². The molecule has 2 rings (SSSR count). The lowest BCUT2D eigenvalue weighted by molar-refractivity contribution is 0.0135. The molecule has 1 aromatic rings. The Morgan fingerprint density at radius 2 is 2.25 bits per heavy atom. The van der Waals surface area contributed by atoms with Gasteiger partial charge in [-0.3, -0.25) is 0 Å². The monoisotopic (exact) mass is 398 g/mol. The van der Waals surface area contributed by atoms with Gasteiger partial charge in [0.1, 0.15) is 10.2 Å². The third-order valence-electron chi connectivity index (χ3n) is 3.90. The van der Waals surface area contributed by atoms with Gasteiger partial charge in [0, 0.05) is 25.9 Å². The zero-order valence-electron chi connectivity index (χ0n) is 14.8. The second-order valence-corrected chi connectivity index (χ2v) is 8.08. The third-order valence-corrected chi connectivity index (χ3v) is 4.33. The molecule has 1 saturated heterocycles. The lowest BCUT2D eigenvalue weighted by Gasteiger charge is -2.34. The van der Waals surface area contributed by atoms with Gasteiger partial charge in [0.15, 0.2) is 0 Å². The van der Waals surface area contributed by atoms with E-state index in [0.29, 0.717) is 19.1 Å². The van der Waals surface area contributed by atoms with Crippen LogP contribution in [0.25, 0.3) is 0 Å². The van der Waals surface area contributed by atoms with Crippen LogP contribution in [-0.4, -0.2) is 41.3 Å². The molecule has 0 unspecified atom stereocenters. The number of carbonyl (C=O) groups excluding carboxylic acids is 1. The SMILES string of the molecule is CC(C)(C)OC(=O)N1CCC[C@@H](CCOCc2ccnc(Br)c2)C1. The first-order valence-electron chi connectivity index (χ1n) is 8.49. The van der Waals surface area contributed by atoms with Crippen LogP contribution in [0.1, 0.15) is 45.6 Å². The minimum Gasteiger partial charge on any atom is -0.444 e. The summed E-state index contributed by atoms with van der Waals surface area (Å²) in [6, 6.07) is 3.92. The Bertz CT molecular complexity index is 545. The Kier molecular flexibility index (Phi) is 7.04. The summed E-state index contributed by atoms with van der Waals surface area (Å²) in [6.45, 7) is 8.54. The fourth-order valence-corrected chi connectivity index (χ4v) is 3.18. The second-order valence-electron chi connectivity index (χ2n) is 7.26. The molecule has 0 saturated carbocycles. The number of rotatable bonds is 5. The number of piperidine rings is 1. The lowest BCUT2D eigenvalue weighted by atomic mass is 9.95. The van der Waals surface area contributed by atoms with Crippen LogP contribution >= 0.6 is 15.9 Å². The highest BCUT2D eigenvalue weighted by Crippen LogP contribution is 2.22. The quantitative estimate of drug-likeness (QED) is 0.544. The van der Waals surface area contributed by atoms with Crippen molar-refractivity contribution in [2.75, 3.05) is 19.7 Å². The molecule has 5 nitrogen and oxygen atoms in total. The Hall–Kier alpha value is -1.14. The van der Waals surface area contributed by atoms with E-state index in [9.17, 15) is 4.79 Å². The number of ether oxygens (including phenoxy) is 2. The molecule has 1 atom stereocenters. The lowest BCUT2D eigenvalue weighted by Crippen LogP contribution is -2.43. The smallest absolute Gasteiger partial charge is 0.410 e. The molecule has 0 aliphatic carbocycles. The van der Waals surface area contributed by atoms with Gasteiger partial charge in [0.2, 0.25) is 0 Å². The fourth-order valence-electron chi connectivity index (χ4n) is 2.77. The van der Waals surface area contributed by atoms with Gasteiger partial charge < -0.3 is 14.4 Å². The number of aromatic nitrogens is 1. The zero-order chi connectivity index (χ0) is 17.6. The van der Waals surface area contributed by atoms with Crippen molar-refractivity contribution in [3.8, 4) is 0 Å².